The monoisotopic (exact) mass is 473 g/mol. The lowest BCUT2D eigenvalue weighted by molar-refractivity contribution is -0.149. The van der Waals surface area contributed by atoms with Crippen LogP contribution in [0.4, 0.5) is 0 Å². The fourth-order valence-corrected chi connectivity index (χ4v) is 4.07. The van der Waals surface area contributed by atoms with Gasteiger partial charge in [0.05, 0.1) is 19.3 Å². The van der Waals surface area contributed by atoms with E-state index in [0.717, 1.165) is 38.8 Å². The van der Waals surface area contributed by atoms with E-state index in [4.69, 9.17) is 24.4 Å². The predicted octanol–water partition coefficient (Wildman–Crippen LogP) is 5.82. The first-order valence-corrected chi connectivity index (χ1v) is 11.7. The number of rotatable bonds is 10. The van der Waals surface area contributed by atoms with Crippen LogP contribution in [0.25, 0.3) is 22.1 Å². The second-order valence-corrected chi connectivity index (χ2v) is 8.73. The molecule has 2 N–H and O–H groups in total. The van der Waals surface area contributed by atoms with E-state index in [1.165, 1.54) is 0 Å². The van der Waals surface area contributed by atoms with Crippen molar-refractivity contribution in [3.63, 3.8) is 0 Å². The number of furan rings is 1. The third kappa shape index (κ3) is 6.10. The number of para-hydroxylation sites is 1. The van der Waals surface area contributed by atoms with E-state index in [1.807, 2.05) is 49.4 Å². The van der Waals surface area contributed by atoms with Crippen LogP contribution in [-0.4, -0.2) is 25.8 Å². The van der Waals surface area contributed by atoms with Crippen LogP contribution in [-0.2, 0) is 27.3 Å². The van der Waals surface area contributed by atoms with Crippen molar-refractivity contribution in [3.8, 4) is 16.9 Å². The third-order valence-corrected chi connectivity index (χ3v) is 5.77. The molecule has 4 rings (SSSR count). The molecule has 0 saturated heterocycles. The van der Waals surface area contributed by atoms with Crippen molar-refractivity contribution in [1.82, 2.24) is 0 Å². The second kappa shape index (κ2) is 11.2. The highest BCUT2D eigenvalue weighted by atomic mass is 16.6. The molecule has 1 unspecified atom stereocenters. The number of benzene rings is 3. The summed E-state index contributed by atoms with van der Waals surface area (Å²) >= 11 is 0. The summed E-state index contributed by atoms with van der Waals surface area (Å²) in [4.78, 5) is 12.4. The van der Waals surface area contributed by atoms with Crippen molar-refractivity contribution in [1.29, 1.82) is 0 Å². The number of esters is 1. The molecule has 3 aromatic carbocycles. The van der Waals surface area contributed by atoms with Crippen molar-refractivity contribution < 1.29 is 23.4 Å². The quantitative estimate of drug-likeness (QED) is 0.292. The molecule has 1 heterocycles. The average Bonchev–Trinajstić information content (AvgIpc) is 3.32. The van der Waals surface area contributed by atoms with Gasteiger partial charge >= 0.3 is 5.97 Å². The molecule has 0 spiro atoms. The summed E-state index contributed by atoms with van der Waals surface area (Å²) in [5.74, 6) is 0.332. The second-order valence-electron chi connectivity index (χ2n) is 8.73. The number of hydrogen-bond acceptors (Lipinski definition) is 6. The van der Waals surface area contributed by atoms with E-state index in [0.29, 0.717) is 19.0 Å². The highest BCUT2D eigenvalue weighted by Gasteiger charge is 2.15. The highest BCUT2D eigenvalue weighted by molar-refractivity contribution is 5.93. The van der Waals surface area contributed by atoms with E-state index in [1.54, 1.807) is 20.3 Å². The lowest BCUT2D eigenvalue weighted by atomic mass is 9.97. The number of methoxy groups -OCH3 is 1. The number of fused-ring (bicyclic) bond motifs is 1. The molecular formula is C29H31NO5. The maximum atomic E-state index is 12.4. The van der Waals surface area contributed by atoms with Gasteiger partial charge in [-0.15, -0.1) is 0 Å². The Kier molecular flexibility index (Phi) is 7.85. The lowest BCUT2D eigenvalue weighted by Gasteiger charge is -2.15. The maximum Gasteiger partial charge on any atom is 0.310 e. The molecule has 35 heavy (non-hydrogen) atoms. The van der Waals surface area contributed by atoms with Crippen LogP contribution in [0, 0.1) is 0 Å². The molecule has 182 valence electrons. The molecule has 0 aliphatic carbocycles. The van der Waals surface area contributed by atoms with Crippen LogP contribution >= 0.6 is 0 Å². The Morgan fingerprint density at radius 3 is 2.66 bits per heavy atom. The van der Waals surface area contributed by atoms with Gasteiger partial charge < -0.3 is 24.4 Å². The minimum Gasteiger partial charge on any atom is -0.489 e. The van der Waals surface area contributed by atoms with E-state index in [9.17, 15) is 4.79 Å². The van der Waals surface area contributed by atoms with Crippen LogP contribution in [0.3, 0.4) is 0 Å². The Bertz CT molecular complexity index is 1290. The normalized spacial score (nSPS) is 12.9. The van der Waals surface area contributed by atoms with Gasteiger partial charge in [-0.1, -0.05) is 36.4 Å². The summed E-state index contributed by atoms with van der Waals surface area (Å²) in [6.07, 6.45) is 1.52. The maximum absolute atomic E-state index is 12.4. The van der Waals surface area contributed by atoms with Crippen LogP contribution in [0.2, 0.25) is 0 Å². The zero-order chi connectivity index (χ0) is 24.8. The van der Waals surface area contributed by atoms with Gasteiger partial charge in [0, 0.05) is 29.7 Å². The standard InChI is InChI=1S/C29H31NO5/c1-19(17-32-3)35-28(31)16-24-7-4-5-10-27(24)34-18-21-13-25-11-12-33-29(25)26(14-21)23-9-6-8-22(15-23)20(2)30/h4-15,19-20H,16-18,30H2,1-3H3/t19?,20-/m1/s1. The minimum absolute atomic E-state index is 0.0609. The minimum atomic E-state index is -0.318. The van der Waals surface area contributed by atoms with Crippen molar-refractivity contribution in [3.05, 3.63) is 89.7 Å². The van der Waals surface area contributed by atoms with Gasteiger partial charge in [-0.3, -0.25) is 4.79 Å². The molecule has 0 bridgehead atoms. The van der Waals surface area contributed by atoms with Crippen LogP contribution < -0.4 is 10.5 Å². The summed E-state index contributed by atoms with van der Waals surface area (Å²) in [6.45, 7) is 4.47. The summed E-state index contributed by atoms with van der Waals surface area (Å²) in [6, 6.07) is 21.7. The average molecular weight is 474 g/mol. The van der Waals surface area contributed by atoms with Gasteiger partial charge in [-0.25, -0.2) is 0 Å². The van der Waals surface area contributed by atoms with Gasteiger partial charge in [0.15, 0.2) is 0 Å². The molecule has 1 aromatic heterocycles. The zero-order valence-corrected chi connectivity index (χ0v) is 20.3. The molecule has 6 heteroatoms. The molecule has 0 radical (unpaired) electrons. The van der Waals surface area contributed by atoms with E-state index in [2.05, 4.69) is 24.3 Å². The number of carbonyl (C=O) groups excluding carboxylic acids is 1. The Balaban J connectivity index is 1.55. The summed E-state index contributed by atoms with van der Waals surface area (Å²) in [5.41, 5.74) is 11.8. The molecule has 0 amide bonds. The molecule has 0 aliphatic rings. The fourth-order valence-electron chi connectivity index (χ4n) is 4.07. The Labute approximate surface area is 205 Å². The predicted molar refractivity (Wildman–Crippen MR) is 136 cm³/mol. The van der Waals surface area contributed by atoms with Gasteiger partial charge in [-0.2, -0.15) is 0 Å². The number of ether oxygens (including phenoxy) is 3. The first-order valence-electron chi connectivity index (χ1n) is 11.7. The summed E-state index contributed by atoms with van der Waals surface area (Å²) < 4.78 is 22.4. The molecule has 6 nitrogen and oxygen atoms in total. The smallest absolute Gasteiger partial charge is 0.310 e. The van der Waals surface area contributed by atoms with Gasteiger partial charge in [0.1, 0.15) is 24.0 Å². The van der Waals surface area contributed by atoms with Gasteiger partial charge in [-0.05, 0) is 60.9 Å². The lowest BCUT2D eigenvalue weighted by Crippen LogP contribution is -2.21. The van der Waals surface area contributed by atoms with Gasteiger partial charge in [0.25, 0.3) is 0 Å². The number of carbonyl (C=O) groups is 1. The number of hydrogen-bond donors (Lipinski definition) is 1. The SMILES string of the molecule is COCC(C)OC(=O)Cc1ccccc1OCc1cc(-c2cccc([C@@H](C)N)c2)c2occc2c1. The van der Waals surface area contributed by atoms with E-state index >= 15 is 0 Å². The van der Waals surface area contributed by atoms with Crippen LogP contribution in [0.1, 0.15) is 36.6 Å². The Morgan fingerprint density at radius 2 is 1.86 bits per heavy atom. The summed E-state index contributed by atoms with van der Waals surface area (Å²) in [5, 5.41) is 0.997. The molecule has 2 atom stereocenters. The van der Waals surface area contributed by atoms with Crippen molar-refractivity contribution in [2.45, 2.75) is 39.0 Å². The van der Waals surface area contributed by atoms with Crippen LogP contribution in [0.5, 0.6) is 5.75 Å². The Hall–Kier alpha value is -3.61. The third-order valence-electron chi connectivity index (χ3n) is 5.77. The Morgan fingerprint density at radius 1 is 1.03 bits per heavy atom. The van der Waals surface area contributed by atoms with Crippen molar-refractivity contribution >= 4 is 16.9 Å². The fraction of sp³-hybridized carbons (Fsp3) is 0.276. The first-order chi connectivity index (χ1) is 16.9. The largest absolute Gasteiger partial charge is 0.489 e. The van der Waals surface area contributed by atoms with E-state index in [-0.39, 0.29) is 24.5 Å². The topological polar surface area (TPSA) is 83.9 Å². The molecule has 0 aliphatic heterocycles. The number of nitrogens with two attached hydrogens (primary N) is 1. The van der Waals surface area contributed by atoms with E-state index < -0.39 is 0 Å². The van der Waals surface area contributed by atoms with Gasteiger partial charge in [0.2, 0.25) is 0 Å². The first kappa shape index (κ1) is 24.5. The van der Waals surface area contributed by atoms with Crippen LogP contribution in [0.15, 0.2) is 77.4 Å². The molecular weight excluding hydrogens is 442 g/mol. The molecule has 4 aromatic rings. The summed E-state index contributed by atoms with van der Waals surface area (Å²) in [7, 11) is 1.58. The van der Waals surface area contributed by atoms with Crippen molar-refractivity contribution in [2.75, 3.05) is 13.7 Å². The molecule has 0 fully saturated rings. The zero-order valence-electron chi connectivity index (χ0n) is 20.3. The highest BCUT2D eigenvalue weighted by Crippen LogP contribution is 2.33. The molecule has 0 saturated carbocycles. The van der Waals surface area contributed by atoms with Crippen molar-refractivity contribution in [2.24, 2.45) is 5.73 Å².